The van der Waals surface area contributed by atoms with Crippen molar-refractivity contribution in [1.29, 1.82) is 0 Å². The van der Waals surface area contributed by atoms with Crippen LogP contribution in [0.5, 0.6) is 0 Å². The minimum absolute atomic E-state index is 0.00605. The Kier molecular flexibility index (Phi) is 3.42. The number of nitrogens with one attached hydrogen (secondary N) is 1. The maximum atomic E-state index is 5.95. The first-order valence-corrected chi connectivity index (χ1v) is 6.52. The molecule has 2 heterocycles. The number of aromatic nitrogens is 2. The van der Waals surface area contributed by atoms with E-state index >= 15 is 0 Å². The average Bonchev–Trinajstić information content (AvgIpc) is 2.96. The predicted molar refractivity (Wildman–Crippen MR) is 75.6 cm³/mol. The summed E-state index contributed by atoms with van der Waals surface area (Å²) in [6.45, 7) is 1.68. The van der Waals surface area contributed by atoms with E-state index in [0.29, 0.717) is 0 Å². The first kappa shape index (κ1) is 12.1. The van der Waals surface area contributed by atoms with Gasteiger partial charge in [-0.25, -0.2) is 0 Å². The molecule has 0 amide bonds. The number of benzene rings is 1. The third kappa shape index (κ3) is 2.58. The molecule has 96 valence electrons. The summed E-state index contributed by atoms with van der Waals surface area (Å²) in [5, 5.41) is 4.04. The van der Waals surface area contributed by atoms with Gasteiger partial charge in [0.05, 0.1) is 18.2 Å². The smallest absolute Gasteiger partial charge is 0.110 e. The summed E-state index contributed by atoms with van der Waals surface area (Å²) in [4.78, 5) is 13.1. The van der Waals surface area contributed by atoms with Gasteiger partial charge in [-0.05, 0) is 17.7 Å². The largest absolute Gasteiger partial charge is 0.371 e. The van der Waals surface area contributed by atoms with E-state index in [9.17, 15) is 0 Å². The van der Waals surface area contributed by atoms with Gasteiger partial charge >= 0.3 is 0 Å². The van der Waals surface area contributed by atoms with E-state index in [1.165, 1.54) is 0 Å². The third-order valence-electron chi connectivity index (χ3n) is 3.06. The minimum Gasteiger partial charge on any atom is -0.371 e. The van der Waals surface area contributed by atoms with Crippen LogP contribution in [0.1, 0.15) is 17.2 Å². The Morgan fingerprint density at radius 1 is 1.16 bits per heavy atom. The van der Waals surface area contributed by atoms with Gasteiger partial charge in [0.2, 0.25) is 0 Å². The Morgan fingerprint density at radius 3 is 2.63 bits per heavy atom. The molecule has 0 saturated heterocycles. The molecule has 0 aliphatic carbocycles. The van der Waals surface area contributed by atoms with E-state index in [2.05, 4.69) is 20.3 Å². The molecule has 0 radical (unpaired) electrons. The number of hydrogen-bond donors (Lipinski definition) is 1. The van der Waals surface area contributed by atoms with Gasteiger partial charge in [0.1, 0.15) is 5.84 Å². The number of halogens is 1. The van der Waals surface area contributed by atoms with Crippen LogP contribution in [-0.2, 0) is 0 Å². The summed E-state index contributed by atoms with van der Waals surface area (Å²) >= 11 is 5.95. The summed E-state index contributed by atoms with van der Waals surface area (Å²) in [5.74, 6) is 0.941. The monoisotopic (exact) mass is 272 g/mol. The Balaban J connectivity index is 2.04. The van der Waals surface area contributed by atoms with E-state index in [0.717, 1.165) is 35.2 Å². The fourth-order valence-corrected chi connectivity index (χ4v) is 2.32. The standard InChI is InChI=1S/C14H13ClN4/c15-11-3-1-10(2-4-11)13(14-18-7-8-19-14)12-9-16-5-6-17-12/h1-6,9,13H,7-8H2,(H,18,19). The quantitative estimate of drug-likeness (QED) is 0.932. The molecule has 1 atom stereocenters. The van der Waals surface area contributed by atoms with E-state index in [1.807, 2.05) is 24.3 Å². The van der Waals surface area contributed by atoms with Crippen LogP contribution in [0.3, 0.4) is 0 Å². The van der Waals surface area contributed by atoms with Crippen molar-refractivity contribution in [2.45, 2.75) is 5.92 Å². The lowest BCUT2D eigenvalue weighted by atomic mass is 9.94. The van der Waals surface area contributed by atoms with Crippen molar-refractivity contribution in [3.63, 3.8) is 0 Å². The molecule has 1 N–H and O–H groups in total. The van der Waals surface area contributed by atoms with E-state index < -0.39 is 0 Å². The molecule has 2 aromatic rings. The van der Waals surface area contributed by atoms with Gasteiger partial charge in [0.25, 0.3) is 0 Å². The van der Waals surface area contributed by atoms with Gasteiger partial charge in [0, 0.05) is 30.2 Å². The maximum absolute atomic E-state index is 5.95. The Bertz CT molecular complexity index is 580. The summed E-state index contributed by atoms with van der Waals surface area (Å²) in [7, 11) is 0. The Hall–Kier alpha value is -1.94. The second-order valence-electron chi connectivity index (χ2n) is 4.31. The SMILES string of the molecule is Clc1ccc(C(C2=NCCN2)c2cnccn2)cc1. The summed E-state index contributed by atoms with van der Waals surface area (Å²) in [6, 6.07) is 7.78. The average molecular weight is 273 g/mol. The Labute approximate surface area is 116 Å². The highest BCUT2D eigenvalue weighted by atomic mass is 35.5. The second kappa shape index (κ2) is 5.36. The topological polar surface area (TPSA) is 50.2 Å². The normalized spacial score (nSPS) is 15.7. The van der Waals surface area contributed by atoms with E-state index in [-0.39, 0.29) is 5.92 Å². The molecule has 0 saturated carbocycles. The molecule has 0 spiro atoms. The van der Waals surface area contributed by atoms with Crippen molar-refractivity contribution < 1.29 is 0 Å². The fraction of sp³-hybridized carbons (Fsp3) is 0.214. The molecular weight excluding hydrogens is 260 g/mol. The molecule has 19 heavy (non-hydrogen) atoms. The van der Waals surface area contributed by atoms with Crippen molar-refractivity contribution in [3.8, 4) is 0 Å². The van der Waals surface area contributed by atoms with Gasteiger partial charge in [-0.3, -0.25) is 15.0 Å². The molecule has 4 nitrogen and oxygen atoms in total. The van der Waals surface area contributed by atoms with Crippen molar-refractivity contribution in [2.24, 2.45) is 4.99 Å². The fourth-order valence-electron chi connectivity index (χ4n) is 2.19. The van der Waals surface area contributed by atoms with Gasteiger partial charge < -0.3 is 5.32 Å². The lowest BCUT2D eigenvalue weighted by molar-refractivity contribution is 0.908. The van der Waals surface area contributed by atoms with Gasteiger partial charge in [-0.2, -0.15) is 0 Å². The molecule has 1 aliphatic heterocycles. The van der Waals surface area contributed by atoms with Crippen molar-refractivity contribution in [2.75, 3.05) is 13.1 Å². The van der Waals surface area contributed by atoms with Gasteiger partial charge in [-0.15, -0.1) is 0 Å². The van der Waals surface area contributed by atoms with Crippen molar-refractivity contribution >= 4 is 17.4 Å². The highest BCUT2D eigenvalue weighted by molar-refractivity contribution is 6.30. The highest BCUT2D eigenvalue weighted by Crippen LogP contribution is 2.25. The van der Waals surface area contributed by atoms with Crippen LogP contribution in [0.2, 0.25) is 5.02 Å². The van der Waals surface area contributed by atoms with Crippen LogP contribution in [0.25, 0.3) is 0 Å². The van der Waals surface area contributed by atoms with Crippen LogP contribution in [0, 0.1) is 0 Å². The molecule has 1 aromatic carbocycles. The van der Waals surface area contributed by atoms with Gasteiger partial charge in [0.15, 0.2) is 0 Å². The third-order valence-corrected chi connectivity index (χ3v) is 3.31. The minimum atomic E-state index is -0.00605. The van der Waals surface area contributed by atoms with Crippen LogP contribution in [-0.4, -0.2) is 28.9 Å². The zero-order valence-corrected chi connectivity index (χ0v) is 11.0. The van der Waals surface area contributed by atoms with E-state index in [1.54, 1.807) is 18.6 Å². The van der Waals surface area contributed by atoms with E-state index in [4.69, 9.17) is 11.6 Å². The molecule has 1 aromatic heterocycles. The van der Waals surface area contributed by atoms with Crippen molar-refractivity contribution in [3.05, 3.63) is 59.1 Å². The van der Waals surface area contributed by atoms with Crippen LogP contribution >= 0.6 is 11.6 Å². The molecular formula is C14H13ClN4. The summed E-state index contributed by atoms with van der Waals surface area (Å²) < 4.78 is 0. The van der Waals surface area contributed by atoms with Crippen LogP contribution in [0.15, 0.2) is 47.8 Å². The van der Waals surface area contributed by atoms with Gasteiger partial charge in [-0.1, -0.05) is 23.7 Å². The summed E-state index contributed by atoms with van der Waals surface area (Å²) in [5.41, 5.74) is 2.00. The van der Waals surface area contributed by atoms with Crippen LogP contribution < -0.4 is 5.32 Å². The molecule has 1 aliphatic rings. The number of aliphatic imine (C=N–C) groups is 1. The maximum Gasteiger partial charge on any atom is 0.110 e. The molecule has 1 unspecified atom stereocenters. The number of rotatable bonds is 3. The Morgan fingerprint density at radius 2 is 2.00 bits per heavy atom. The van der Waals surface area contributed by atoms with Crippen molar-refractivity contribution in [1.82, 2.24) is 15.3 Å². The number of nitrogens with zero attached hydrogens (tertiary/aromatic N) is 3. The zero-order chi connectivity index (χ0) is 13.1. The zero-order valence-electron chi connectivity index (χ0n) is 10.3. The summed E-state index contributed by atoms with van der Waals surface area (Å²) in [6.07, 6.45) is 5.15. The molecule has 5 heteroatoms. The lowest BCUT2D eigenvalue weighted by Gasteiger charge is -2.17. The first-order chi connectivity index (χ1) is 9.34. The lowest BCUT2D eigenvalue weighted by Crippen LogP contribution is -2.27. The number of hydrogen-bond acceptors (Lipinski definition) is 4. The first-order valence-electron chi connectivity index (χ1n) is 6.14. The predicted octanol–water partition coefficient (Wildman–Crippen LogP) is 2.26. The highest BCUT2D eigenvalue weighted by Gasteiger charge is 2.23. The number of amidine groups is 1. The molecule has 0 bridgehead atoms. The molecule has 0 fully saturated rings. The molecule has 3 rings (SSSR count). The van der Waals surface area contributed by atoms with Crippen LogP contribution in [0.4, 0.5) is 0 Å². The second-order valence-corrected chi connectivity index (χ2v) is 4.75.